The van der Waals surface area contributed by atoms with Gasteiger partial charge in [0.15, 0.2) is 5.75 Å². The summed E-state index contributed by atoms with van der Waals surface area (Å²) < 4.78 is 7.05. The summed E-state index contributed by atoms with van der Waals surface area (Å²) in [6.07, 6.45) is 8.71. The number of imidazole rings is 1. The van der Waals surface area contributed by atoms with Crippen molar-refractivity contribution in [2.75, 3.05) is 25.0 Å². The van der Waals surface area contributed by atoms with Crippen LogP contribution in [0.5, 0.6) is 5.75 Å². The number of aromatic nitrogens is 5. The van der Waals surface area contributed by atoms with Gasteiger partial charge in [-0.25, -0.2) is 9.78 Å². The minimum Gasteiger partial charge on any atom is -0.489 e. The van der Waals surface area contributed by atoms with Gasteiger partial charge in [-0.3, -0.25) is 9.67 Å². The molecule has 1 amide bonds. The van der Waals surface area contributed by atoms with Gasteiger partial charge in [0.2, 0.25) is 0 Å². The van der Waals surface area contributed by atoms with Gasteiger partial charge in [-0.15, -0.1) is 28.3 Å². The van der Waals surface area contributed by atoms with E-state index in [1.165, 1.54) is 10.9 Å². The van der Waals surface area contributed by atoms with Gasteiger partial charge in [0, 0.05) is 30.2 Å². The van der Waals surface area contributed by atoms with E-state index < -0.39 is 0 Å². The van der Waals surface area contributed by atoms with Crippen LogP contribution in [0.1, 0.15) is 13.3 Å². The third kappa shape index (κ3) is 10.4. The Balaban J connectivity index is 0.000000506. The van der Waals surface area contributed by atoms with Gasteiger partial charge in [-0.05, 0) is 18.6 Å². The van der Waals surface area contributed by atoms with Gasteiger partial charge in [0.25, 0.3) is 0 Å². The number of ether oxygens (including phenoxy) is 1. The Morgan fingerprint density at radius 3 is 2.29 bits per heavy atom. The molecule has 8 nitrogen and oxygen atoms in total. The first kappa shape index (κ1) is 27.3. The van der Waals surface area contributed by atoms with Crippen LogP contribution in [0.4, 0.5) is 4.79 Å². The standard InChI is InChI=1S/C15H16Cl3N3O2.C2H3N3.CH2Cl2/c1-2-4-20(15(22)21-5-3-19-10-21)6-7-23-14-12(17)8-11(16)9-13(14)18;1-2-4-5-3-1;2-1-3/h3,5,8-10H,2,4,6-7H2,1H3;1-2H,(H,3,4,5);1H2. The van der Waals surface area contributed by atoms with E-state index in [1.54, 1.807) is 41.8 Å². The van der Waals surface area contributed by atoms with Crippen LogP contribution in [0.15, 0.2) is 43.2 Å². The van der Waals surface area contributed by atoms with E-state index in [9.17, 15) is 4.79 Å². The molecule has 3 rings (SSSR count). The normalized spacial score (nSPS) is 9.74. The SMILES string of the molecule is CCCN(CCOc1c(Cl)cc(Cl)cc1Cl)C(=O)n1ccnc1.ClCCl.c1c[nH]nn1. The number of rotatable bonds is 6. The van der Waals surface area contributed by atoms with Gasteiger partial charge in [-0.2, -0.15) is 0 Å². The molecule has 0 saturated heterocycles. The molecule has 0 aliphatic rings. The van der Waals surface area contributed by atoms with Crippen molar-refractivity contribution in [2.24, 2.45) is 0 Å². The monoisotopic (exact) mass is 528 g/mol. The topological polar surface area (TPSA) is 88.9 Å². The highest BCUT2D eigenvalue weighted by Gasteiger charge is 2.15. The fourth-order valence-corrected chi connectivity index (χ4v) is 3.13. The van der Waals surface area contributed by atoms with Gasteiger partial charge < -0.3 is 9.64 Å². The van der Waals surface area contributed by atoms with Crippen molar-refractivity contribution in [1.82, 2.24) is 29.9 Å². The summed E-state index contributed by atoms with van der Waals surface area (Å²) in [6, 6.07) is 2.97. The molecule has 0 bridgehead atoms. The zero-order valence-electron chi connectivity index (χ0n) is 16.5. The molecule has 170 valence electrons. The summed E-state index contributed by atoms with van der Waals surface area (Å²) in [6.45, 7) is 3.28. The lowest BCUT2D eigenvalue weighted by Crippen LogP contribution is -2.37. The summed E-state index contributed by atoms with van der Waals surface area (Å²) in [5.41, 5.74) is 0. The van der Waals surface area contributed by atoms with E-state index in [0.29, 0.717) is 33.9 Å². The number of carbonyl (C=O) groups excluding carboxylic acids is 1. The molecule has 0 spiro atoms. The van der Waals surface area contributed by atoms with Crippen LogP contribution in [-0.2, 0) is 0 Å². The molecule has 0 saturated carbocycles. The molecule has 0 unspecified atom stereocenters. The first-order valence-electron chi connectivity index (χ1n) is 8.91. The molecule has 2 heterocycles. The smallest absolute Gasteiger partial charge is 0.329 e. The number of amides is 1. The lowest BCUT2D eigenvalue weighted by molar-refractivity contribution is 0.184. The maximum absolute atomic E-state index is 12.3. The molecule has 2 aromatic heterocycles. The predicted octanol–water partition coefficient (Wildman–Crippen LogP) is 5.83. The number of halogens is 5. The van der Waals surface area contributed by atoms with Crippen LogP contribution < -0.4 is 4.74 Å². The zero-order chi connectivity index (χ0) is 23.1. The molecular formula is C18H21Cl5N6O2. The molecular weight excluding hydrogens is 510 g/mol. The number of hydrogen-bond donors (Lipinski definition) is 1. The third-order valence-electron chi connectivity index (χ3n) is 3.39. The second-order valence-corrected chi connectivity index (χ2v) is 7.61. The van der Waals surface area contributed by atoms with Crippen molar-refractivity contribution in [3.05, 3.63) is 58.3 Å². The summed E-state index contributed by atoms with van der Waals surface area (Å²) in [7, 11) is 0. The Labute approximate surface area is 205 Å². The van der Waals surface area contributed by atoms with Crippen LogP contribution in [-0.4, -0.2) is 60.9 Å². The van der Waals surface area contributed by atoms with Gasteiger partial charge in [0.05, 0.1) is 28.1 Å². The molecule has 0 atom stereocenters. The molecule has 13 heteroatoms. The fourth-order valence-electron chi connectivity index (χ4n) is 2.20. The molecule has 3 aromatic rings. The van der Waals surface area contributed by atoms with Crippen LogP contribution in [0.3, 0.4) is 0 Å². The Morgan fingerprint density at radius 2 is 1.84 bits per heavy atom. The van der Waals surface area contributed by atoms with Crippen molar-refractivity contribution in [3.8, 4) is 5.75 Å². The molecule has 0 aliphatic heterocycles. The number of carbonyl (C=O) groups is 1. The molecule has 1 N–H and O–H groups in total. The quantitative estimate of drug-likeness (QED) is 0.405. The Bertz CT molecular complexity index is 824. The average Bonchev–Trinajstić information content (AvgIpc) is 3.46. The van der Waals surface area contributed by atoms with Crippen LogP contribution in [0, 0.1) is 0 Å². The van der Waals surface area contributed by atoms with E-state index in [4.69, 9.17) is 62.7 Å². The third-order valence-corrected chi connectivity index (χ3v) is 4.17. The Hall–Kier alpha value is -1.71. The highest BCUT2D eigenvalue weighted by atomic mass is 35.5. The number of nitrogens with zero attached hydrogens (tertiary/aromatic N) is 5. The first-order valence-corrected chi connectivity index (χ1v) is 11.1. The number of hydrogen-bond acceptors (Lipinski definition) is 5. The van der Waals surface area contributed by atoms with E-state index in [0.717, 1.165) is 6.42 Å². The van der Waals surface area contributed by atoms with Crippen LogP contribution in [0.25, 0.3) is 0 Å². The van der Waals surface area contributed by atoms with Crippen LogP contribution >= 0.6 is 58.0 Å². The van der Waals surface area contributed by atoms with Crippen molar-refractivity contribution in [2.45, 2.75) is 13.3 Å². The largest absolute Gasteiger partial charge is 0.489 e. The van der Waals surface area contributed by atoms with Crippen molar-refractivity contribution in [3.63, 3.8) is 0 Å². The van der Waals surface area contributed by atoms with Gasteiger partial charge >= 0.3 is 6.03 Å². The lowest BCUT2D eigenvalue weighted by Gasteiger charge is -2.22. The molecule has 1 aromatic carbocycles. The van der Waals surface area contributed by atoms with Crippen molar-refractivity contribution < 1.29 is 9.53 Å². The Morgan fingerprint density at radius 1 is 1.16 bits per heavy atom. The molecule has 31 heavy (non-hydrogen) atoms. The van der Waals surface area contributed by atoms with E-state index in [2.05, 4.69) is 20.4 Å². The Kier molecular flexibility index (Phi) is 14.1. The number of alkyl halides is 2. The minimum absolute atomic E-state index is 0.152. The maximum atomic E-state index is 12.3. The summed E-state index contributed by atoms with van der Waals surface area (Å²) in [5.74, 6) is 0.365. The van der Waals surface area contributed by atoms with E-state index in [1.807, 2.05) is 6.92 Å². The maximum Gasteiger partial charge on any atom is 0.329 e. The highest BCUT2D eigenvalue weighted by molar-refractivity contribution is 6.40. The minimum atomic E-state index is -0.152. The van der Waals surface area contributed by atoms with Crippen molar-refractivity contribution >= 4 is 64.0 Å². The zero-order valence-corrected chi connectivity index (χ0v) is 20.3. The second-order valence-electron chi connectivity index (χ2n) is 5.55. The predicted molar refractivity (Wildman–Crippen MR) is 125 cm³/mol. The molecule has 0 aliphatic carbocycles. The van der Waals surface area contributed by atoms with Gasteiger partial charge in [0.1, 0.15) is 12.9 Å². The average molecular weight is 531 g/mol. The van der Waals surface area contributed by atoms with E-state index >= 15 is 0 Å². The highest BCUT2D eigenvalue weighted by Crippen LogP contribution is 2.35. The summed E-state index contributed by atoms with van der Waals surface area (Å²) in [5, 5.41) is 10.6. The summed E-state index contributed by atoms with van der Waals surface area (Å²) >= 11 is 27.5. The number of benzene rings is 1. The van der Waals surface area contributed by atoms with Gasteiger partial charge in [-0.1, -0.05) is 46.9 Å². The lowest BCUT2D eigenvalue weighted by atomic mass is 10.3. The number of H-pyrrole nitrogens is 1. The first-order chi connectivity index (χ1) is 14.9. The number of aromatic amines is 1. The number of nitrogens with one attached hydrogen (secondary N) is 1. The van der Waals surface area contributed by atoms with E-state index in [-0.39, 0.29) is 18.0 Å². The summed E-state index contributed by atoms with van der Waals surface area (Å²) in [4.78, 5) is 17.9. The van der Waals surface area contributed by atoms with Crippen molar-refractivity contribution in [1.29, 1.82) is 0 Å². The molecule has 0 fully saturated rings. The fraction of sp³-hybridized carbons (Fsp3) is 0.333. The molecule has 0 radical (unpaired) electrons. The second kappa shape index (κ2) is 16.0. The van der Waals surface area contributed by atoms with Crippen LogP contribution in [0.2, 0.25) is 15.1 Å².